The van der Waals surface area contributed by atoms with E-state index in [9.17, 15) is 4.79 Å². The Balaban J connectivity index is 1.67. The van der Waals surface area contributed by atoms with Gasteiger partial charge in [-0.25, -0.2) is 9.78 Å². The van der Waals surface area contributed by atoms with E-state index in [2.05, 4.69) is 17.1 Å². The molecule has 0 saturated carbocycles. The molecule has 0 N–H and O–H groups in total. The molecule has 0 atom stereocenters. The van der Waals surface area contributed by atoms with Gasteiger partial charge in [0.2, 0.25) is 0 Å². The van der Waals surface area contributed by atoms with Crippen LogP contribution in [0.15, 0.2) is 69.2 Å². The van der Waals surface area contributed by atoms with E-state index in [1.807, 2.05) is 47.8 Å². The van der Waals surface area contributed by atoms with Crippen LogP contribution in [0.3, 0.4) is 0 Å². The Labute approximate surface area is 153 Å². The molecule has 0 bridgehead atoms. The second-order valence-corrected chi connectivity index (χ2v) is 7.01. The zero-order valence-corrected chi connectivity index (χ0v) is 14.8. The molecule has 2 aromatic carbocycles. The lowest BCUT2D eigenvalue weighted by molar-refractivity contribution is 0.444. The summed E-state index contributed by atoms with van der Waals surface area (Å²) in [7, 11) is 0. The molecule has 3 nitrogen and oxygen atoms in total. The van der Waals surface area contributed by atoms with Crippen LogP contribution >= 0.6 is 22.9 Å². The highest BCUT2D eigenvalue weighted by atomic mass is 35.5. The van der Waals surface area contributed by atoms with E-state index in [0.717, 1.165) is 17.5 Å². The fourth-order valence-corrected chi connectivity index (χ4v) is 3.84. The van der Waals surface area contributed by atoms with Gasteiger partial charge in [0.15, 0.2) is 5.89 Å². The van der Waals surface area contributed by atoms with E-state index in [4.69, 9.17) is 16.0 Å². The van der Waals surface area contributed by atoms with Gasteiger partial charge in [0.25, 0.3) is 0 Å². The topological polar surface area (TPSA) is 43.1 Å². The number of fused-ring (bicyclic) bond motifs is 1. The van der Waals surface area contributed by atoms with Gasteiger partial charge in [0.1, 0.15) is 10.2 Å². The van der Waals surface area contributed by atoms with Crippen molar-refractivity contribution in [3.63, 3.8) is 0 Å². The summed E-state index contributed by atoms with van der Waals surface area (Å²) in [6.45, 7) is 0. The summed E-state index contributed by atoms with van der Waals surface area (Å²) < 4.78 is 5.47. The number of aromatic nitrogens is 1. The summed E-state index contributed by atoms with van der Waals surface area (Å²) in [6.07, 6.45) is 1.39. The fourth-order valence-electron chi connectivity index (χ4n) is 2.77. The minimum Gasteiger partial charge on any atom is -0.408 e. The second kappa shape index (κ2) is 6.82. The first-order valence-corrected chi connectivity index (χ1v) is 9.17. The zero-order chi connectivity index (χ0) is 17.2. The van der Waals surface area contributed by atoms with Gasteiger partial charge >= 0.3 is 5.63 Å². The van der Waals surface area contributed by atoms with E-state index < -0.39 is 0 Å². The first-order valence-electron chi connectivity index (χ1n) is 7.92. The van der Waals surface area contributed by atoms with Crippen molar-refractivity contribution in [2.45, 2.75) is 12.8 Å². The van der Waals surface area contributed by atoms with Crippen LogP contribution in [0, 0.1) is 0 Å². The molecule has 4 aromatic rings. The normalized spacial score (nSPS) is 11.1. The van der Waals surface area contributed by atoms with Gasteiger partial charge in [0, 0.05) is 22.4 Å². The first-order chi connectivity index (χ1) is 12.2. The van der Waals surface area contributed by atoms with E-state index >= 15 is 0 Å². The molecular formula is C20H14ClNO2S. The number of nitrogens with zero attached hydrogens (tertiary/aromatic N) is 1. The maximum absolute atomic E-state index is 12.5. The van der Waals surface area contributed by atoms with Gasteiger partial charge in [-0.1, -0.05) is 54.1 Å². The Kier molecular flexibility index (Phi) is 4.38. The van der Waals surface area contributed by atoms with E-state index in [0.29, 0.717) is 27.6 Å². The Morgan fingerprint density at radius 1 is 1.00 bits per heavy atom. The minimum atomic E-state index is -0.334. The highest BCUT2D eigenvalue weighted by Gasteiger charge is 2.14. The number of thiophene rings is 1. The van der Waals surface area contributed by atoms with Crippen LogP contribution in [0.25, 0.3) is 21.3 Å². The minimum absolute atomic E-state index is 0.334. The van der Waals surface area contributed by atoms with Gasteiger partial charge in [-0.15, -0.1) is 11.3 Å². The van der Waals surface area contributed by atoms with E-state index in [-0.39, 0.29) is 5.63 Å². The Morgan fingerprint density at radius 3 is 2.52 bits per heavy atom. The molecule has 0 aliphatic rings. The third kappa shape index (κ3) is 3.36. The molecule has 0 amide bonds. The number of halogens is 1. The summed E-state index contributed by atoms with van der Waals surface area (Å²) >= 11 is 7.40. The number of benzene rings is 2. The summed E-state index contributed by atoms with van der Waals surface area (Å²) in [5.74, 6) is 0.478. The molecule has 2 aromatic heterocycles. The third-order valence-electron chi connectivity index (χ3n) is 4.04. The quantitative estimate of drug-likeness (QED) is 0.488. The number of rotatable bonds is 4. The van der Waals surface area contributed by atoms with E-state index in [1.165, 1.54) is 16.9 Å². The highest BCUT2D eigenvalue weighted by molar-refractivity contribution is 7.17. The van der Waals surface area contributed by atoms with Crippen LogP contribution in [-0.2, 0) is 12.8 Å². The van der Waals surface area contributed by atoms with Crippen molar-refractivity contribution in [3.05, 3.63) is 86.9 Å². The van der Waals surface area contributed by atoms with Crippen LogP contribution in [0.1, 0.15) is 11.5 Å². The van der Waals surface area contributed by atoms with Crippen molar-refractivity contribution in [3.8, 4) is 11.1 Å². The van der Waals surface area contributed by atoms with Gasteiger partial charge in [-0.05, 0) is 29.7 Å². The van der Waals surface area contributed by atoms with Crippen LogP contribution in [-0.4, -0.2) is 4.98 Å². The lowest BCUT2D eigenvalue weighted by Gasteiger charge is -2.02. The third-order valence-corrected chi connectivity index (χ3v) is 5.16. The SMILES string of the molecule is O=c1oc(CCc2ccccc2)nc2scc(-c3ccc(Cl)cc3)c12. The zero-order valence-electron chi connectivity index (χ0n) is 13.2. The van der Waals surface area contributed by atoms with Crippen molar-refractivity contribution in [2.24, 2.45) is 0 Å². The molecule has 0 aliphatic carbocycles. The van der Waals surface area contributed by atoms with Crippen LogP contribution in [0.5, 0.6) is 0 Å². The standard InChI is InChI=1S/C20H14ClNO2S/c21-15-9-7-14(8-10-15)16-12-25-19-18(16)20(23)24-17(22-19)11-6-13-4-2-1-3-5-13/h1-5,7-10,12H,6,11H2. The molecule has 0 radical (unpaired) electrons. The summed E-state index contributed by atoms with van der Waals surface area (Å²) in [4.78, 5) is 17.8. The largest absolute Gasteiger partial charge is 0.408 e. The Morgan fingerprint density at radius 2 is 1.76 bits per heavy atom. The molecule has 25 heavy (non-hydrogen) atoms. The smallest absolute Gasteiger partial charge is 0.348 e. The molecule has 5 heteroatoms. The molecule has 0 unspecified atom stereocenters. The highest BCUT2D eigenvalue weighted by Crippen LogP contribution is 2.31. The van der Waals surface area contributed by atoms with E-state index in [1.54, 1.807) is 0 Å². The van der Waals surface area contributed by atoms with Gasteiger partial charge in [0.05, 0.1) is 0 Å². The van der Waals surface area contributed by atoms with Crippen molar-refractivity contribution in [1.82, 2.24) is 4.98 Å². The van der Waals surface area contributed by atoms with Crippen LogP contribution in [0.4, 0.5) is 0 Å². The molecule has 0 aliphatic heterocycles. The number of aryl methyl sites for hydroxylation is 2. The average Bonchev–Trinajstić information content (AvgIpc) is 3.06. The van der Waals surface area contributed by atoms with Crippen LogP contribution < -0.4 is 5.63 Å². The maximum Gasteiger partial charge on any atom is 0.348 e. The molecule has 0 saturated heterocycles. The summed E-state index contributed by atoms with van der Waals surface area (Å²) in [5.41, 5.74) is 2.63. The van der Waals surface area contributed by atoms with Gasteiger partial charge in [-0.3, -0.25) is 0 Å². The predicted octanol–water partition coefficient (Wildman–Crippen LogP) is 5.36. The lowest BCUT2D eigenvalue weighted by Crippen LogP contribution is -2.05. The predicted molar refractivity (Wildman–Crippen MR) is 102 cm³/mol. The second-order valence-electron chi connectivity index (χ2n) is 5.72. The molecule has 124 valence electrons. The molecule has 2 heterocycles. The van der Waals surface area contributed by atoms with Crippen molar-refractivity contribution < 1.29 is 4.42 Å². The number of hydrogen-bond acceptors (Lipinski definition) is 4. The summed E-state index contributed by atoms with van der Waals surface area (Å²) in [6, 6.07) is 17.5. The lowest BCUT2D eigenvalue weighted by atomic mass is 10.1. The monoisotopic (exact) mass is 367 g/mol. The summed E-state index contributed by atoms with van der Waals surface area (Å²) in [5, 5.41) is 3.14. The molecule has 4 rings (SSSR count). The fraction of sp³-hybridized carbons (Fsp3) is 0.100. The first kappa shape index (κ1) is 16.1. The Bertz CT molecular complexity index is 1070. The van der Waals surface area contributed by atoms with Crippen LogP contribution in [0.2, 0.25) is 5.02 Å². The maximum atomic E-state index is 12.5. The molecular weight excluding hydrogens is 354 g/mol. The van der Waals surface area contributed by atoms with Crippen molar-refractivity contribution >= 4 is 33.2 Å². The molecule has 0 fully saturated rings. The van der Waals surface area contributed by atoms with Gasteiger partial charge < -0.3 is 4.42 Å². The average molecular weight is 368 g/mol. The van der Waals surface area contributed by atoms with Gasteiger partial charge in [-0.2, -0.15) is 0 Å². The number of hydrogen-bond donors (Lipinski definition) is 0. The Hall–Kier alpha value is -2.43. The van der Waals surface area contributed by atoms with Crippen molar-refractivity contribution in [2.75, 3.05) is 0 Å². The van der Waals surface area contributed by atoms with Crippen molar-refractivity contribution in [1.29, 1.82) is 0 Å². The molecule has 0 spiro atoms.